The van der Waals surface area contributed by atoms with Crippen LogP contribution in [0, 0.1) is 41.4 Å². The summed E-state index contributed by atoms with van der Waals surface area (Å²) in [6.07, 6.45) is 3.10. The van der Waals surface area contributed by atoms with Crippen LogP contribution in [0.4, 0.5) is 0 Å². The summed E-state index contributed by atoms with van der Waals surface area (Å²) in [6, 6.07) is 0. The first-order valence-electron chi connectivity index (χ1n) is 5.70. The summed E-state index contributed by atoms with van der Waals surface area (Å²) in [5.41, 5.74) is 0. The van der Waals surface area contributed by atoms with E-state index in [1.807, 2.05) is 0 Å². The normalized spacial score (nSPS) is 67.8. The van der Waals surface area contributed by atoms with Gasteiger partial charge in [-0.05, 0) is 54.3 Å². The highest BCUT2D eigenvalue weighted by atomic mass is 14.7. The SMILES string of the molecule is CC1CC(C)C2C1C(C)[C@@H]1CC21. The van der Waals surface area contributed by atoms with Crippen LogP contribution in [-0.2, 0) is 0 Å². The first-order chi connectivity index (χ1) is 5.70. The van der Waals surface area contributed by atoms with Gasteiger partial charge in [-0.1, -0.05) is 20.8 Å². The minimum Gasteiger partial charge on any atom is -0.0622 e. The summed E-state index contributed by atoms with van der Waals surface area (Å²) in [4.78, 5) is 0. The van der Waals surface area contributed by atoms with E-state index in [1.54, 1.807) is 6.42 Å². The van der Waals surface area contributed by atoms with Gasteiger partial charge < -0.3 is 0 Å². The molecule has 3 aliphatic carbocycles. The van der Waals surface area contributed by atoms with Gasteiger partial charge in [0.2, 0.25) is 0 Å². The Labute approximate surface area is 75.7 Å². The summed E-state index contributed by atoms with van der Waals surface area (Å²) in [5.74, 6) is 7.73. The van der Waals surface area contributed by atoms with Crippen LogP contribution in [0.15, 0.2) is 0 Å². The van der Waals surface area contributed by atoms with Crippen LogP contribution in [0.3, 0.4) is 0 Å². The van der Waals surface area contributed by atoms with Crippen LogP contribution >= 0.6 is 0 Å². The predicted octanol–water partition coefficient (Wildman–Crippen LogP) is 3.18. The average Bonchev–Trinajstić information content (AvgIpc) is 2.65. The van der Waals surface area contributed by atoms with Gasteiger partial charge in [0.25, 0.3) is 0 Å². The van der Waals surface area contributed by atoms with Crippen LogP contribution in [0.2, 0.25) is 0 Å². The number of rotatable bonds is 0. The molecule has 12 heavy (non-hydrogen) atoms. The zero-order valence-corrected chi connectivity index (χ0v) is 8.46. The van der Waals surface area contributed by atoms with E-state index >= 15 is 0 Å². The maximum atomic E-state index is 2.52. The first kappa shape index (κ1) is 7.41. The molecule has 0 amide bonds. The van der Waals surface area contributed by atoms with E-state index in [0.717, 1.165) is 35.5 Å². The molecule has 0 aromatic rings. The predicted molar refractivity (Wildman–Crippen MR) is 50.7 cm³/mol. The lowest BCUT2D eigenvalue weighted by molar-refractivity contribution is 0.245. The number of hydrogen-bond acceptors (Lipinski definition) is 0. The second-order valence-corrected chi connectivity index (χ2v) is 5.77. The Morgan fingerprint density at radius 3 is 2.08 bits per heavy atom. The topological polar surface area (TPSA) is 0 Å². The van der Waals surface area contributed by atoms with E-state index < -0.39 is 0 Å². The molecule has 0 saturated heterocycles. The van der Waals surface area contributed by atoms with Crippen LogP contribution in [0.1, 0.15) is 33.6 Å². The van der Waals surface area contributed by atoms with Crippen LogP contribution < -0.4 is 0 Å². The zero-order valence-electron chi connectivity index (χ0n) is 8.46. The van der Waals surface area contributed by atoms with E-state index in [9.17, 15) is 0 Å². The highest BCUT2D eigenvalue weighted by Crippen LogP contribution is 2.68. The van der Waals surface area contributed by atoms with E-state index in [0.29, 0.717) is 0 Å². The van der Waals surface area contributed by atoms with Crippen molar-refractivity contribution in [1.29, 1.82) is 0 Å². The fourth-order valence-corrected chi connectivity index (χ4v) is 4.80. The summed E-state index contributed by atoms with van der Waals surface area (Å²) in [6.45, 7) is 7.50. The molecule has 0 aromatic heterocycles. The highest BCUT2D eigenvalue weighted by Gasteiger charge is 2.62. The fourth-order valence-electron chi connectivity index (χ4n) is 4.80. The largest absolute Gasteiger partial charge is 0.0622 e. The first-order valence-corrected chi connectivity index (χ1v) is 5.70. The van der Waals surface area contributed by atoms with Gasteiger partial charge in [0, 0.05) is 0 Å². The molecule has 3 rings (SSSR count). The zero-order chi connectivity index (χ0) is 8.46. The molecule has 0 N–H and O–H groups in total. The molecule has 0 heteroatoms. The van der Waals surface area contributed by atoms with Crippen LogP contribution in [0.25, 0.3) is 0 Å². The van der Waals surface area contributed by atoms with Gasteiger partial charge in [0.1, 0.15) is 0 Å². The van der Waals surface area contributed by atoms with Gasteiger partial charge >= 0.3 is 0 Å². The van der Waals surface area contributed by atoms with E-state index in [2.05, 4.69) is 20.8 Å². The molecule has 6 unspecified atom stereocenters. The van der Waals surface area contributed by atoms with E-state index in [1.165, 1.54) is 12.3 Å². The molecule has 0 heterocycles. The third kappa shape index (κ3) is 0.701. The van der Waals surface area contributed by atoms with Gasteiger partial charge in [0.15, 0.2) is 0 Å². The van der Waals surface area contributed by atoms with Crippen molar-refractivity contribution in [2.75, 3.05) is 0 Å². The van der Waals surface area contributed by atoms with Crippen LogP contribution in [0.5, 0.6) is 0 Å². The standard InChI is InChI=1S/C12H20/c1-6-4-7(2)12-10-5-9(10)8(3)11(6)12/h6-12H,4-5H2,1-3H3/t6?,7?,8?,9-,10?,11?,12?/m0/s1. The summed E-state index contributed by atoms with van der Waals surface area (Å²) < 4.78 is 0. The van der Waals surface area contributed by atoms with E-state index in [-0.39, 0.29) is 0 Å². The lowest BCUT2D eigenvalue weighted by atomic mass is 9.82. The quantitative estimate of drug-likeness (QED) is 0.516. The fraction of sp³-hybridized carbons (Fsp3) is 1.00. The smallest absolute Gasteiger partial charge is 0.0323 e. The second-order valence-electron chi connectivity index (χ2n) is 5.77. The monoisotopic (exact) mass is 164 g/mol. The van der Waals surface area contributed by atoms with Crippen molar-refractivity contribution in [3.05, 3.63) is 0 Å². The molecule has 3 saturated carbocycles. The molecule has 3 fully saturated rings. The van der Waals surface area contributed by atoms with Gasteiger partial charge in [-0.2, -0.15) is 0 Å². The summed E-state index contributed by atoms with van der Waals surface area (Å²) >= 11 is 0. The molecule has 7 atom stereocenters. The third-order valence-corrected chi connectivity index (χ3v) is 5.17. The molecule has 68 valence electrons. The maximum absolute atomic E-state index is 2.52. The Morgan fingerprint density at radius 2 is 1.42 bits per heavy atom. The van der Waals surface area contributed by atoms with Gasteiger partial charge in [-0.3, -0.25) is 0 Å². The van der Waals surface area contributed by atoms with Crippen molar-refractivity contribution in [3.8, 4) is 0 Å². The number of hydrogen-bond donors (Lipinski definition) is 0. The molecule has 3 aliphatic rings. The molecular formula is C12H20. The van der Waals surface area contributed by atoms with Crippen molar-refractivity contribution < 1.29 is 0 Å². The van der Waals surface area contributed by atoms with Crippen LogP contribution in [-0.4, -0.2) is 0 Å². The van der Waals surface area contributed by atoms with Crippen molar-refractivity contribution >= 4 is 0 Å². The molecular weight excluding hydrogens is 144 g/mol. The summed E-state index contributed by atoms with van der Waals surface area (Å²) in [5, 5.41) is 0. The molecule has 0 nitrogen and oxygen atoms in total. The molecule has 0 spiro atoms. The van der Waals surface area contributed by atoms with Gasteiger partial charge in [0.05, 0.1) is 0 Å². The molecule has 0 aromatic carbocycles. The second kappa shape index (κ2) is 2.08. The Kier molecular flexibility index (Phi) is 1.28. The van der Waals surface area contributed by atoms with Gasteiger partial charge in [-0.25, -0.2) is 0 Å². The minimum absolute atomic E-state index is 1.03. The highest BCUT2D eigenvalue weighted by molar-refractivity contribution is 5.10. The molecule has 0 aliphatic heterocycles. The Bertz CT molecular complexity index is 197. The lowest BCUT2D eigenvalue weighted by Crippen LogP contribution is -2.18. The lowest BCUT2D eigenvalue weighted by Gasteiger charge is -2.23. The Morgan fingerprint density at radius 1 is 0.750 bits per heavy atom. The average molecular weight is 164 g/mol. The van der Waals surface area contributed by atoms with Crippen molar-refractivity contribution in [2.45, 2.75) is 33.6 Å². The van der Waals surface area contributed by atoms with Crippen molar-refractivity contribution in [3.63, 3.8) is 0 Å². The third-order valence-electron chi connectivity index (χ3n) is 5.17. The Balaban J connectivity index is 1.92. The maximum Gasteiger partial charge on any atom is -0.0323 e. The van der Waals surface area contributed by atoms with Crippen molar-refractivity contribution in [1.82, 2.24) is 0 Å². The van der Waals surface area contributed by atoms with E-state index in [4.69, 9.17) is 0 Å². The summed E-state index contributed by atoms with van der Waals surface area (Å²) in [7, 11) is 0. The molecule has 0 radical (unpaired) electrons. The number of fused-ring (bicyclic) bond motifs is 3. The van der Waals surface area contributed by atoms with Gasteiger partial charge in [-0.15, -0.1) is 0 Å². The minimum atomic E-state index is 1.03. The van der Waals surface area contributed by atoms with Crippen molar-refractivity contribution in [2.24, 2.45) is 41.4 Å². The Hall–Kier alpha value is 0. The molecule has 0 bridgehead atoms.